The van der Waals surface area contributed by atoms with E-state index < -0.39 is 0 Å². The number of benzene rings is 2. The van der Waals surface area contributed by atoms with Gasteiger partial charge >= 0.3 is 0 Å². The zero-order chi connectivity index (χ0) is 21.3. The molecule has 0 unspecified atom stereocenters. The molecule has 0 aromatic heterocycles. The predicted octanol–water partition coefficient (Wildman–Crippen LogP) is 5.43. The van der Waals surface area contributed by atoms with Gasteiger partial charge in [0.05, 0.1) is 5.69 Å². The number of anilines is 1. The second-order valence-electron chi connectivity index (χ2n) is 7.66. The van der Waals surface area contributed by atoms with E-state index in [1.165, 1.54) is 21.2 Å². The molecule has 3 aromatic carbocycles. The largest absolute Gasteiger partial charge is 0.366 e. The van der Waals surface area contributed by atoms with Crippen LogP contribution in [-0.4, -0.2) is 31.1 Å². The number of hydrogen-bond acceptors (Lipinski definition) is 3. The minimum atomic E-state index is 0.108. The van der Waals surface area contributed by atoms with E-state index in [0.29, 0.717) is 0 Å². The van der Waals surface area contributed by atoms with Crippen molar-refractivity contribution in [3.63, 3.8) is 0 Å². The summed E-state index contributed by atoms with van der Waals surface area (Å²) in [7, 11) is 0. The van der Waals surface area contributed by atoms with Crippen molar-refractivity contribution in [3.8, 4) is 0 Å². The van der Waals surface area contributed by atoms with E-state index in [4.69, 9.17) is 0 Å². The third-order valence-corrected chi connectivity index (χ3v) is 6.12. The van der Waals surface area contributed by atoms with Crippen LogP contribution in [0.25, 0.3) is 0 Å². The van der Waals surface area contributed by atoms with Crippen molar-refractivity contribution in [2.75, 3.05) is 31.1 Å². The van der Waals surface area contributed by atoms with Gasteiger partial charge in [0, 0.05) is 37.2 Å². The highest BCUT2D eigenvalue weighted by molar-refractivity contribution is 9.10. The van der Waals surface area contributed by atoms with E-state index in [1.807, 2.05) is 24.3 Å². The van der Waals surface area contributed by atoms with Crippen molar-refractivity contribution in [2.45, 2.75) is 20.4 Å². The summed E-state index contributed by atoms with van der Waals surface area (Å²) >= 11 is 3.45. The molecule has 3 nitrogen and oxygen atoms in total. The topological polar surface area (TPSA) is 23.6 Å². The Morgan fingerprint density at radius 3 is 2.07 bits per heavy atom. The summed E-state index contributed by atoms with van der Waals surface area (Å²) in [6, 6.07) is 26.1. The van der Waals surface area contributed by atoms with Crippen LogP contribution in [0, 0.1) is 13.8 Å². The molecular weight excluding hydrogens is 436 g/mol. The van der Waals surface area contributed by atoms with Crippen molar-refractivity contribution in [2.24, 2.45) is 0 Å². The predicted molar refractivity (Wildman–Crippen MR) is 130 cm³/mol. The number of hydrogen-bond donors (Lipinski definition) is 0. The molecule has 1 heterocycles. The number of aryl methyl sites for hydroxylation is 2. The monoisotopic (exact) mass is 464 g/mol. The quantitative estimate of drug-likeness (QED) is 0.515. The number of rotatable bonds is 3. The van der Waals surface area contributed by atoms with Gasteiger partial charge in [-0.15, -0.1) is 0 Å². The Labute approximate surface area is 188 Å². The molecule has 30 heavy (non-hydrogen) atoms. The third kappa shape index (κ3) is 6.54. The first kappa shape index (κ1) is 22.3. The summed E-state index contributed by atoms with van der Waals surface area (Å²) in [5, 5.41) is 0. The van der Waals surface area contributed by atoms with Gasteiger partial charge in [-0.25, -0.2) is 0 Å². The highest BCUT2D eigenvalue weighted by Crippen LogP contribution is 2.16. The molecular formula is C26H29BrN2O. The lowest BCUT2D eigenvalue weighted by Gasteiger charge is -2.35. The third-order valence-electron chi connectivity index (χ3n) is 5.27. The maximum Gasteiger partial charge on any atom is 0.201 e. The van der Waals surface area contributed by atoms with Crippen LogP contribution in [0.1, 0.15) is 16.7 Å². The van der Waals surface area contributed by atoms with Gasteiger partial charge < -0.3 is 4.90 Å². The molecule has 0 saturated carbocycles. The summed E-state index contributed by atoms with van der Waals surface area (Å²) in [5.74, 6) is 0. The molecule has 4 rings (SSSR count). The van der Waals surface area contributed by atoms with Gasteiger partial charge in [0.15, 0.2) is 0 Å². The molecule has 0 amide bonds. The van der Waals surface area contributed by atoms with Crippen molar-refractivity contribution in [1.29, 1.82) is 0 Å². The highest BCUT2D eigenvalue weighted by atomic mass is 79.9. The summed E-state index contributed by atoms with van der Waals surface area (Å²) in [4.78, 5) is 16.7. The smallest absolute Gasteiger partial charge is 0.201 e. The van der Waals surface area contributed by atoms with E-state index in [0.717, 1.165) is 38.4 Å². The normalized spacial score (nSPS) is 14.0. The fourth-order valence-corrected chi connectivity index (χ4v) is 3.96. The maximum atomic E-state index is 12.0. The lowest BCUT2D eigenvalue weighted by Crippen LogP contribution is -2.47. The molecule has 4 heteroatoms. The van der Waals surface area contributed by atoms with Gasteiger partial charge in [0.1, 0.15) is 0 Å². The molecule has 0 radical (unpaired) electrons. The van der Waals surface area contributed by atoms with Crippen LogP contribution in [0.3, 0.4) is 0 Å². The van der Waals surface area contributed by atoms with E-state index in [9.17, 15) is 4.79 Å². The summed E-state index contributed by atoms with van der Waals surface area (Å²) < 4.78 is 1.20. The molecule has 3 aromatic rings. The zero-order valence-corrected chi connectivity index (χ0v) is 19.3. The van der Waals surface area contributed by atoms with Crippen LogP contribution in [0.5, 0.6) is 0 Å². The molecule has 0 aliphatic carbocycles. The van der Waals surface area contributed by atoms with Crippen LogP contribution < -0.4 is 10.3 Å². The zero-order valence-electron chi connectivity index (χ0n) is 17.7. The number of nitrogens with zero attached hydrogens (tertiary/aromatic N) is 2. The average molecular weight is 465 g/mol. The first-order chi connectivity index (χ1) is 14.5. The molecule has 0 atom stereocenters. The Morgan fingerprint density at radius 2 is 1.43 bits per heavy atom. The summed E-state index contributed by atoms with van der Waals surface area (Å²) in [5.41, 5.74) is 4.87. The highest BCUT2D eigenvalue weighted by Gasteiger charge is 2.18. The maximum absolute atomic E-state index is 12.0. The molecule has 0 N–H and O–H groups in total. The fourth-order valence-electron chi connectivity index (χ4n) is 3.47. The SMILES string of the molecule is Cc1ccc(C)c(Br)c1.O=c1cccccc1N1CCN(Cc2ccccc2)CC1. The first-order valence-electron chi connectivity index (χ1n) is 10.4. The second-order valence-corrected chi connectivity index (χ2v) is 8.52. The minimum absolute atomic E-state index is 0.108. The molecule has 1 fully saturated rings. The first-order valence-corrected chi connectivity index (χ1v) is 11.2. The van der Waals surface area contributed by atoms with Gasteiger partial charge in [0.25, 0.3) is 0 Å². The van der Waals surface area contributed by atoms with Crippen molar-refractivity contribution in [3.05, 3.63) is 110 Å². The standard InChI is InChI=1S/C18H20N2O.C8H9Br/c21-18-10-6-2-5-9-17(18)20-13-11-19(12-14-20)15-16-7-3-1-4-8-16;1-6-3-4-7(2)8(9)5-6/h1-10H,11-15H2;3-5H,1-2H3. The van der Waals surface area contributed by atoms with Gasteiger partial charge in [-0.3, -0.25) is 9.69 Å². The van der Waals surface area contributed by atoms with E-state index in [1.54, 1.807) is 12.1 Å². The van der Waals surface area contributed by atoms with E-state index in [-0.39, 0.29) is 5.43 Å². The Bertz CT molecular complexity index is 999. The Hall–Kier alpha value is -2.43. The second kappa shape index (κ2) is 11.1. The van der Waals surface area contributed by atoms with Crippen LogP contribution >= 0.6 is 15.9 Å². The molecule has 156 valence electrons. The van der Waals surface area contributed by atoms with Crippen LogP contribution in [0.15, 0.2) is 88.1 Å². The van der Waals surface area contributed by atoms with Gasteiger partial charge in [-0.1, -0.05) is 76.6 Å². The minimum Gasteiger partial charge on any atom is -0.366 e. The van der Waals surface area contributed by atoms with Crippen molar-refractivity contribution >= 4 is 21.6 Å². The molecule has 1 aliphatic rings. The Morgan fingerprint density at radius 1 is 0.800 bits per heavy atom. The Kier molecular flexibility index (Phi) is 8.23. The van der Waals surface area contributed by atoms with Gasteiger partial charge in [-0.2, -0.15) is 0 Å². The lowest BCUT2D eigenvalue weighted by atomic mass is 10.2. The van der Waals surface area contributed by atoms with Gasteiger partial charge in [0.2, 0.25) is 5.43 Å². The number of piperazine rings is 1. The molecule has 1 saturated heterocycles. The molecule has 0 bridgehead atoms. The van der Waals surface area contributed by atoms with E-state index >= 15 is 0 Å². The average Bonchev–Trinajstić information content (AvgIpc) is 2.97. The molecule has 0 spiro atoms. The van der Waals surface area contributed by atoms with Crippen molar-refractivity contribution in [1.82, 2.24) is 4.90 Å². The van der Waals surface area contributed by atoms with Crippen LogP contribution in [-0.2, 0) is 6.54 Å². The van der Waals surface area contributed by atoms with Crippen LogP contribution in [0.2, 0.25) is 0 Å². The van der Waals surface area contributed by atoms with Gasteiger partial charge in [-0.05, 0) is 48.7 Å². The fraction of sp³-hybridized carbons (Fsp3) is 0.269. The van der Waals surface area contributed by atoms with Crippen molar-refractivity contribution < 1.29 is 0 Å². The molecule has 1 aliphatic heterocycles. The van der Waals surface area contributed by atoms with Crippen LogP contribution in [0.4, 0.5) is 5.69 Å². The Balaban J connectivity index is 0.000000239. The summed E-state index contributed by atoms with van der Waals surface area (Å²) in [6.45, 7) is 8.97. The lowest BCUT2D eigenvalue weighted by molar-refractivity contribution is 0.250. The van der Waals surface area contributed by atoms with E-state index in [2.05, 4.69) is 82.0 Å². The summed E-state index contributed by atoms with van der Waals surface area (Å²) in [6.07, 6.45) is 0. The number of halogens is 1.